The van der Waals surface area contributed by atoms with Crippen LogP contribution >= 0.6 is 0 Å². The molecule has 1 unspecified atom stereocenters. The predicted molar refractivity (Wildman–Crippen MR) is 80.2 cm³/mol. The Hall–Kier alpha value is -2.60. The zero-order valence-corrected chi connectivity index (χ0v) is 12.4. The average molecular weight is 299 g/mol. The van der Waals surface area contributed by atoms with Crippen LogP contribution in [0.15, 0.2) is 36.7 Å². The quantitative estimate of drug-likeness (QED) is 0.839. The molecule has 22 heavy (non-hydrogen) atoms. The molecule has 0 bridgehead atoms. The lowest BCUT2D eigenvalue weighted by atomic mass is 10.0. The highest BCUT2D eigenvalue weighted by Crippen LogP contribution is 2.14. The SMILES string of the molecule is COC(=O)c1cncc(Cc2ccc(C(N)C(C)=O)cc2)n1. The third-order valence-corrected chi connectivity index (χ3v) is 3.24. The number of nitrogens with zero attached hydrogens (tertiary/aromatic N) is 2. The van der Waals surface area contributed by atoms with E-state index in [2.05, 4.69) is 14.7 Å². The van der Waals surface area contributed by atoms with Crippen LogP contribution in [0.3, 0.4) is 0 Å². The number of hydrogen-bond donors (Lipinski definition) is 1. The second-order valence-corrected chi connectivity index (χ2v) is 4.89. The van der Waals surface area contributed by atoms with Crippen LogP contribution < -0.4 is 5.73 Å². The maximum absolute atomic E-state index is 11.4. The molecule has 0 amide bonds. The van der Waals surface area contributed by atoms with Gasteiger partial charge in [-0.2, -0.15) is 0 Å². The Bertz CT molecular complexity index is 683. The summed E-state index contributed by atoms with van der Waals surface area (Å²) in [5.41, 5.74) is 8.37. The van der Waals surface area contributed by atoms with E-state index in [0.29, 0.717) is 12.1 Å². The van der Waals surface area contributed by atoms with E-state index in [1.807, 2.05) is 24.3 Å². The first kappa shape index (κ1) is 15.8. The van der Waals surface area contributed by atoms with E-state index in [1.165, 1.54) is 20.2 Å². The summed E-state index contributed by atoms with van der Waals surface area (Å²) in [7, 11) is 1.30. The van der Waals surface area contributed by atoms with E-state index in [4.69, 9.17) is 5.73 Å². The van der Waals surface area contributed by atoms with Crippen LogP contribution in [-0.2, 0) is 16.0 Å². The zero-order valence-electron chi connectivity index (χ0n) is 12.4. The van der Waals surface area contributed by atoms with E-state index in [1.54, 1.807) is 6.20 Å². The van der Waals surface area contributed by atoms with Crippen LogP contribution in [0.5, 0.6) is 0 Å². The third-order valence-electron chi connectivity index (χ3n) is 3.24. The number of benzene rings is 1. The van der Waals surface area contributed by atoms with Crippen molar-refractivity contribution in [3.8, 4) is 0 Å². The van der Waals surface area contributed by atoms with Crippen LogP contribution in [0.2, 0.25) is 0 Å². The van der Waals surface area contributed by atoms with Crippen LogP contribution in [0.4, 0.5) is 0 Å². The molecule has 1 aromatic heterocycles. The average Bonchev–Trinajstić information content (AvgIpc) is 2.54. The van der Waals surface area contributed by atoms with Gasteiger partial charge in [-0.1, -0.05) is 24.3 Å². The molecule has 2 N–H and O–H groups in total. The Labute approximate surface area is 128 Å². The maximum atomic E-state index is 11.4. The van der Waals surface area contributed by atoms with Gasteiger partial charge in [-0.05, 0) is 18.1 Å². The second kappa shape index (κ2) is 6.91. The lowest BCUT2D eigenvalue weighted by Gasteiger charge is -2.09. The summed E-state index contributed by atoms with van der Waals surface area (Å²) in [5.74, 6) is -0.596. The molecule has 0 radical (unpaired) electrons. The van der Waals surface area contributed by atoms with E-state index < -0.39 is 12.0 Å². The number of esters is 1. The summed E-state index contributed by atoms with van der Waals surface area (Å²) in [6.45, 7) is 1.46. The number of Topliss-reactive ketones (excluding diaryl/α,β-unsaturated/α-hetero) is 1. The van der Waals surface area contributed by atoms with Gasteiger partial charge in [-0.15, -0.1) is 0 Å². The van der Waals surface area contributed by atoms with Crippen molar-refractivity contribution >= 4 is 11.8 Å². The molecule has 6 heteroatoms. The van der Waals surface area contributed by atoms with Crippen molar-refractivity contribution in [2.24, 2.45) is 5.73 Å². The van der Waals surface area contributed by atoms with Crippen molar-refractivity contribution in [2.75, 3.05) is 7.11 Å². The number of ether oxygens (including phenoxy) is 1. The van der Waals surface area contributed by atoms with E-state index >= 15 is 0 Å². The molecule has 6 nitrogen and oxygen atoms in total. The molecule has 0 aliphatic rings. The Morgan fingerprint density at radius 3 is 2.50 bits per heavy atom. The molecular weight excluding hydrogens is 282 g/mol. The summed E-state index contributed by atoms with van der Waals surface area (Å²) in [5, 5.41) is 0. The monoisotopic (exact) mass is 299 g/mol. The summed E-state index contributed by atoms with van der Waals surface area (Å²) in [4.78, 5) is 30.9. The largest absolute Gasteiger partial charge is 0.464 e. The molecule has 0 aliphatic carbocycles. The Morgan fingerprint density at radius 1 is 1.23 bits per heavy atom. The zero-order chi connectivity index (χ0) is 16.1. The number of carbonyl (C=O) groups is 2. The Kier molecular flexibility index (Phi) is 4.95. The number of hydrogen-bond acceptors (Lipinski definition) is 6. The highest BCUT2D eigenvalue weighted by Gasteiger charge is 2.11. The van der Waals surface area contributed by atoms with Gasteiger partial charge in [0.15, 0.2) is 11.5 Å². The first-order valence-corrected chi connectivity index (χ1v) is 6.75. The number of ketones is 1. The van der Waals surface area contributed by atoms with Crippen molar-refractivity contribution in [1.29, 1.82) is 0 Å². The van der Waals surface area contributed by atoms with Crippen LogP contribution in [0, 0.1) is 0 Å². The number of nitrogens with two attached hydrogens (primary N) is 1. The van der Waals surface area contributed by atoms with E-state index in [-0.39, 0.29) is 11.5 Å². The first-order chi connectivity index (χ1) is 10.5. The molecule has 2 aromatic rings. The van der Waals surface area contributed by atoms with Gasteiger partial charge < -0.3 is 10.5 Å². The summed E-state index contributed by atoms with van der Waals surface area (Å²) in [6, 6.07) is 6.80. The molecule has 1 aromatic carbocycles. The second-order valence-electron chi connectivity index (χ2n) is 4.89. The van der Waals surface area contributed by atoms with Crippen molar-refractivity contribution in [2.45, 2.75) is 19.4 Å². The summed E-state index contributed by atoms with van der Waals surface area (Å²) in [6.07, 6.45) is 3.49. The summed E-state index contributed by atoms with van der Waals surface area (Å²) < 4.78 is 4.62. The van der Waals surface area contributed by atoms with Gasteiger partial charge in [0.25, 0.3) is 0 Å². The molecule has 1 atom stereocenters. The maximum Gasteiger partial charge on any atom is 0.358 e. The minimum Gasteiger partial charge on any atom is -0.464 e. The minimum atomic E-state index is -0.600. The number of aromatic nitrogens is 2. The number of methoxy groups -OCH3 is 1. The highest BCUT2D eigenvalue weighted by molar-refractivity contribution is 5.86. The molecule has 2 rings (SSSR count). The lowest BCUT2D eigenvalue weighted by molar-refractivity contribution is -0.118. The molecule has 1 heterocycles. The smallest absolute Gasteiger partial charge is 0.358 e. The molecule has 0 saturated heterocycles. The Balaban J connectivity index is 2.14. The van der Waals surface area contributed by atoms with Gasteiger partial charge in [0.2, 0.25) is 0 Å². The van der Waals surface area contributed by atoms with Crippen molar-refractivity contribution in [1.82, 2.24) is 9.97 Å². The lowest BCUT2D eigenvalue weighted by Crippen LogP contribution is -2.18. The molecule has 0 saturated carbocycles. The topological polar surface area (TPSA) is 95.2 Å². The van der Waals surface area contributed by atoms with Gasteiger partial charge in [0.05, 0.1) is 25.0 Å². The fourth-order valence-corrected chi connectivity index (χ4v) is 1.98. The summed E-state index contributed by atoms with van der Waals surface area (Å²) >= 11 is 0. The minimum absolute atomic E-state index is 0.0793. The number of rotatable bonds is 5. The van der Waals surface area contributed by atoms with Gasteiger partial charge >= 0.3 is 5.97 Å². The predicted octanol–water partition coefficient (Wildman–Crippen LogP) is 1.44. The molecule has 0 spiro atoms. The normalized spacial score (nSPS) is 11.8. The van der Waals surface area contributed by atoms with Crippen molar-refractivity contribution in [3.05, 3.63) is 59.2 Å². The van der Waals surface area contributed by atoms with Crippen molar-refractivity contribution in [3.63, 3.8) is 0 Å². The van der Waals surface area contributed by atoms with Gasteiger partial charge in [0.1, 0.15) is 0 Å². The van der Waals surface area contributed by atoms with Crippen LogP contribution in [-0.4, -0.2) is 28.8 Å². The Morgan fingerprint density at radius 2 is 1.91 bits per heavy atom. The molecule has 0 fully saturated rings. The highest BCUT2D eigenvalue weighted by atomic mass is 16.5. The molecule has 114 valence electrons. The fourth-order valence-electron chi connectivity index (χ4n) is 1.98. The molecule has 0 aliphatic heterocycles. The van der Waals surface area contributed by atoms with Crippen LogP contribution in [0.1, 0.15) is 40.3 Å². The standard InChI is InChI=1S/C16H17N3O3/c1-10(20)15(17)12-5-3-11(4-6-12)7-13-8-18-9-14(19-13)16(21)22-2/h3-6,8-9,15H,7,17H2,1-2H3. The number of carbonyl (C=O) groups excluding carboxylic acids is 2. The van der Waals surface area contributed by atoms with E-state index in [0.717, 1.165) is 11.1 Å². The fraction of sp³-hybridized carbons (Fsp3) is 0.250. The van der Waals surface area contributed by atoms with Gasteiger partial charge in [-0.25, -0.2) is 9.78 Å². The van der Waals surface area contributed by atoms with Gasteiger partial charge in [-0.3, -0.25) is 9.78 Å². The first-order valence-electron chi connectivity index (χ1n) is 6.75. The van der Waals surface area contributed by atoms with Crippen LogP contribution in [0.25, 0.3) is 0 Å². The van der Waals surface area contributed by atoms with Crippen molar-refractivity contribution < 1.29 is 14.3 Å². The molecular formula is C16H17N3O3. The van der Waals surface area contributed by atoms with Gasteiger partial charge in [0, 0.05) is 12.6 Å². The van der Waals surface area contributed by atoms with E-state index in [9.17, 15) is 9.59 Å². The third kappa shape index (κ3) is 3.73.